The van der Waals surface area contributed by atoms with E-state index in [1.54, 1.807) is 18.2 Å². The largest absolute Gasteiger partial charge is 0.489 e. The molecule has 0 fully saturated rings. The first kappa shape index (κ1) is 25.7. The molecule has 0 aliphatic heterocycles. The van der Waals surface area contributed by atoms with Crippen molar-refractivity contribution in [1.29, 1.82) is 0 Å². The molecule has 1 atom stereocenters. The lowest BCUT2D eigenvalue weighted by Crippen LogP contribution is -2.44. The van der Waals surface area contributed by atoms with Crippen molar-refractivity contribution in [3.63, 3.8) is 0 Å². The van der Waals surface area contributed by atoms with Gasteiger partial charge in [0.15, 0.2) is 0 Å². The van der Waals surface area contributed by atoms with Crippen molar-refractivity contribution in [2.24, 2.45) is 0 Å². The average Bonchev–Trinajstić information content (AvgIpc) is 2.79. The predicted octanol–water partition coefficient (Wildman–Crippen LogP) is 4.68. The molecule has 0 radical (unpaired) electrons. The number of rotatable bonds is 10. The molecule has 3 aromatic carbocycles. The molecule has 34 heavy (non-hydrogen) atoms. The predicted molar refractivity (Wildman–Crippen MR) is 137 cm³/mol. The Kier molecular flexibility index (Phi) is 8.72. The third-order valence-corrected chi connectivity index (χ3v) is 6.01. The summed E-state index contributed by atoms with van der Waals surface area (Å²) >= 11 is 6.27. The van der Waals surface area contributed by atoms with Gasteiger partial charge in [0.2, 0.25) is 10.0 Å². The highest BCUT2D eigenvalue weighted by molar-refractivity contribution is 7.88. The molecule has 0 aromatic heterocycles. The van der Waals surface area contributed by atoms with E-state index in [1.807, 2.05) is 68.4 Å². The van der Waals surface area contributed by atoms with E-state index in [0.29, 0.717) is 22.8 Å². The maximum atomic E-state index is 12.9. The molecule has 1 amide bonds. The molecule has 3 rings (SSSR count). The summed E-state index contributed by atoms with van der Waals surface area (Å²) in [5.41, 5.74) is 3.53. The van der Waals surface area contributed by atoms with E-state index in [-0.39, 0.29) is 18.6 Å². The topological polar surface area (TPSA) is 84.5 Å². The first-order chi connectivity index (χ1) is 16.1. The van der Waals surface area contributed by atoms with Crippen LogP contribution in [-0.2, 0) is 16.4 Å². The lowest BCUT2D eigenvalue weighted by Gasteiger charge is -2.20. The van der Waals surface area contributed by atoms with Crippen molar-refractivity contribution in [3.8, 4) is 16.9 Å². The first-order valence-corrected chi connectivity index (χ1v) is 13.2. The van der Waals surface area contributed by atoms with E-state index >= 15 is 0 Å². The molecule has 2 N–H and O–H groups in total. The maximum absolute atomic E-state index is 12.9. The second-order valence-electron chi connectivity index (χ2n) is 8.37. The second kappa shape index (κ2) is 11.5. The Morgan fingerprint density at radius 1 is 0.971 bits per heavy atom. The number of hydrogen-bond acceptors (Lipinski definition) is 4. The van der Waals surface area contributed by atoms with Crippen molar-refractivity contribution >= 4 is 27.5 Å². The summed E-state index contributed by atoms with van der Waals surface area (Å²) in [6.07, 6.45) is 1.50. The van der Waals surface area contributed by atoms with Crippen LogP contribution in [0.3, 0.4) is 0 Å². The fourth-order valence-corrected chi connectivity index (χ4v) is 4.16. The smallest absolute Gasteiger partial charge is 0.251 e. The Hall–Kier alpha value is -2.87. The van der Waals surface area contributed by atoms with Gasteiger partial charge < -0.3 is 10.1 Å². The molecule has 3 aromatic rings. The molecule has 0 unspecified atom stereocenters. The molecule has 0 saturated carbocycles. The Morgan fingerprint density at radius 3 is 2.21 bits per heavy atom. The molecule has 8 heteroatoms. The molecule has 0 saturated heterocycles. The summed E-state index contributed by atoms with van der Waals surface area (Å²) in [5.74, 6) is 0.154. The van der Waals surface area contributed by atoms with Crippen molar-refractivity contribution in [2.75, 3.05) is 12.8 Å². The normalized spacial score (nSPS) is 12.4. The Balaban J connectivity index is 1.74. The SMILES string of the molecule is CC(C)Oc1ccc(C(=O)N[C@H](CNS(C)(=O)=O)Cc2ccc(-c3ccccc3)cc2)cc1Cl. The number of hydrogen-bond donors (Lipinski definition) is 2. The summed E-state index contributed by atoms with van der Waals surface area (Å²) in [5, 5.41) is 3.26. The number of amides is 1. The number of halogens is 1. The van der Waals surface area contributed by atoms with E-state index in [4.69, 9.17) is 16.3 Å². The van der Waals surface area contributed by atoms with Crippen LogP contribution in [0.4, 0.5) is 0 Å². The van der Waals surface area contributed by atoms with Gasteiger partial charge in [0.25, 0.3) is 5.91 Å². The van der Waals surface area contributed by atoms with Crippen LogP contribution < -0.4 is 14.8 Å². The standard InChI is InChI=1S/C26H29ClN2O4S/c1-18(2)33-25-14-13-22(16-24(25)27)26(30)29-23(17-28-34(3,31)32)15-19-9-11-21(12-10-19)20-7-5-4-6-8-20/h4-14,16,18,23,28H,15,17H2,1-3H3,(H,29,30)/t23-/m0/s1. The van der Waals surface area contributed by atoms with E-state index in [0.717, 1.165) is 22.9 Å². The third kappa shape index (κ3) is 7.87. The van der Waals surface area contributed by atoms with Gasteiger partial charge in [-0.05, 0) is 55.2 Å². The van der Waals surface area contributed by atoms with Crippen LogP contribution in [0.25, 0.3) is 11.1 Å². The maximum Gasteiger partial charge on any atom is 0.251 e. The molecule has 180 valence electrons. The second-order valence-corrected chi connectivity index (χ2v) is 10.6. The summed E-state index contributed by atoms with van der Waals surface area (Å²) in [6.45, 7) is 3.85. The van der Waals surface area contributed by atoms with Gasteiger partial charge >= 0.3 is 0 Å². The number of benzene rings is 3. The number of carbonyl (C=O) groups excluding carboxylic acids is 1. The molecule has 6 nitrogen and oxygen atoms in total. The van der Waals surface area contributed by atoms with Gasteiger partial charge in [-0.3, -0.25) is 4.79 Å². The quantitative estimate of drug-likeness (QED) is 0.423. The van der Waals surface area contributed by atoms with E-state index in [1.165, 1.54) is 0 Å². The van der Waals surface area contributed by atoms with Crippen LogP contribution in [0.2, 0.25) is 5.02 Å². The molecule has 0 aliphatic rings. The molecule has 0 aliphatic carbocycles. The summed E-state index contributed by atoms with van der Waals surface area (Å²) in [7, 11) is -3.42. The molecular weight excluding hydrogens is 472 g/mol. The Labute approximate surface area is 206 Å². The van der Waals surface area contributed by atoms with Crippen LogP contribution in [-0.4, -0.2) is 39.3 Å². The van der Waals surface area contributed by atoms with Gasteiger partial charge in [0.1, 0.15) is 5.75 Å². The summed E-state index contributed by atoms with van der Waals surface area (Å²) in [4.78, 5) is 12.9. The lowest BCUT2D eigenvalue weighted by molar-refractivity contribution is 0.0937. The summed E-state index contributed by atoms with van der Waals surface area (Å²) < 4.78 is 31.4. The van der Waals surface area contributed by atoms with Crippen molar-refractivity contribution in [1.82, 2.24) is 10.0 Å². The number of sulfonamides is 1. The first-order valence-electron chi connectivity index (χ1n) is 11.0. The van der Waals surface area contributed by atoms with Gasteiger partial charge in [-0.15, -0.1) is 0 Å². The highest BCUT2D eigenvalue weighted by Gasteiger charge is 2.18. The minimum absolute atomic E-state index is 0.0445. The highest BCUT2D eigenvalue weighted by Crippen LogP contribution is 2.26. The lowest BCUT2D eigenvalue weighted by atomic mass is 10.0. The van der Waals surface area contributed by atoms with Gasteiger partial charge in [-0.25, -0.2) is 13.1 Å². The van der Waals surface area contributed by atoms with Gasteiger partial charge in [-0.1, -0.05) is 66.2 Å². The minimum Gasteiger partial charge on any atom is -0.489 e. The number of nitrogens with one attached hydrogen (secondary N) is 2. The third-order valence-electron chi connectivity index (χ3n) is 5.03. The van der Waals surface area contributed by atoms with E-state index < -0.39 is 16.1 Å². The number of ether oxygens (including phenoxy) is 1. The fraction of sp³-hybridized carbons (Fsp3) is 0.269. The summed E-state index contributed by atoms with van der Waals surface area (Å²) in [6, 6.07) is 22.4. The Morgan fingerprint density at radius 2 is 1.62 bits per heavy atom. The van der Waals surface area contributed by atoms with Gasteiger partial charge in [-0.2, -0.15) is 0 Å². The van der Waals surface area contributed by atoms with Crippen LogP contribution in [0, 0.1) is 0 Å². The van der Waals surface area contributed by atoms with E-state index in [2.05, 4.69) is 10.0 Å². The molecule has 0 heterocycles. The average molecular weight is 501 g/mol. The highest BCUT2D eigenvalue weighted by atomic mass is 35.5. The monoisotopic (exact) mass is 500 g/mol. The van der Waals surface area contributed by atoms with Crippen LogP contribution in [0.15, 0.2) is 72.8 Å². The zero-order valence-corrected chi connectivity index (χ0v) is 21.0. The fourth-order valence-electron chi connectivity index (χ4n) is 3.43. The zero-order valence-electron chi connectivity index (χ0n) is 19.4. The molecule has 0 spiro atoms. The Bertz CT molecular complexity index is 1210. The van der Waals surface area contributed by atoms with Crippen LogP contribution >= 0.6 is 11.6 Å². The van der Waals surface area contributed by atoms with Crippen molar-refractivity contribution < 1.29 is 17.9 Å². The van der Waals surface area contributed by atoms with E-state index in [9.17, 15) is 13.2 Å². The molecular formula is C26H29ClN2O4S. The van der Waals surface area contributed by atoms with Crippen LogP contribution in [0.5, 0.6) is 5.75 Å². The number of carbonyl (C=O) groups is 1. The van der Waals surface area contributed by atoms with Crippen molar-refractivity contribution in [2.45, 2.75) is 32.4 Å². The minimum atomic E-state index is -3.42. The van der Waals surface area contributed by atoms with Crippen LogP contribution in [0.1, 0.15) is 29.8 Å². The molecule has 0 bridgehead atoms. The van der Waals surface area contributed by atoms with Crippen molar-refractivity contribution in [3.05, 3.63) is 88.9 Å². The zero-order chi connectivity index (χ0) is 24.7. The van der Waals surface area contributed by atoms with Gasteiger partial charge in [0.05, 0.1) is 17.4 Å². The van der Waals surface area contributed by atoms with Gasteiger partial charge in [0, 0.05) is 18.2 Å².